The lowest BCUT2D eigenvalue weighted by molar-refractivity contribution is -0.145. The molecule has 8 heteroatoms. The van der Waals surface area contributed by atoms with E-state index in [4.69, 9.17) is 14.2 Å². The zero-order chi connectivity index (χ0) is 18.8. The van der Waals surface area contributed by atoms with Crippen LogP contribution in [0.4, 0.5) is 13.2 Å². The van der Waals surface area contributed by atoms with Crippen LogP contribution in [0.2, 0.25) is 0 Å². The fourth-order valence-corrected chi connectivity index (χ4v) is 2.33. The predicted octanol–water partition coefficient (Wildman–Crippen LogP) is 4.31. The van der Waals surface area contributed by atoms with Gasteiger partial charge in [0.2, 0.25) is 11.6 Å². The second-order valence-electron chi connectivity index (χ2n) is 5.54. The van der Waals surface area contributed by atoms with Crippen LogP contribution in [0.15, 0.2) is 18.2 Å². The summed E-state index contributed by atoms with van der Waals surface area (Å²) in [6.45, 7) is 3.52. The molecule has 0 saturated heterocycles. The van der Waals surface area contributed by atoms with Crippen molar-refractivity contribution >= 4 is 0 Å². The van der Waals surface area contributed by atoms with Crippen LogP contribution in [0.3, 0.4) is 0 Å². The molecule has 136 valence electrons. The van der Waals surface area contributed by atoms with Crippen molar-refractivity contribution in [3.05, 3.63) is 29.7 Å². The Morgan fingerprint density at radius 2 is 1.56 bits per heavy atom. The summed E-state index contributed by atoms with van der Waals surface area (Å²) < 4.78 is 55.3. The van der Waals surface area contributed by atoms with Gasteiger partial charge in [0, 0.05) is 11.3 Å². The lowest BCUT2D eigenvalue weighted by Crippen LogP contribution is -2.14. The maximum absolute atomic E-state index is 13.2. The van der Waals surface area contributed by atoms with Gasteiger partial charge in [-0.2, -0.15) is 13.2 Å². The molecule has 0 radical (unpaired) electrons. The summed E-state index contributed by atoms with van der Waals surface area (Å²) in [5.41, 5.74) is 0.743. The summed E-state index contributed by atoms with van der Waals surface area (Å²) in [5, 5.41) is 0. The third-order valence-electron chi connectivity index (χ3n) is 3.57. The summed E-state index contributed by atoms with van der Waals surface area (Å²) in [6.07, 6.45) is -4.65. The molecule has 0 saturated carbocycles. The molecule has 1 aromatic carbocycles. The Hall–Kier alpha value is -2.51. The number of aromatic nitrogens is 2. The first-order valence-electron chi connectivity index (χ1n) is 7.48. The molecule has 25 heavy (non-hydrogen) atoms. The average Bonchev–Trinajstić information content (AvgIpc) is 2.58. The Bertz CT molecular complexity index is 762. The topological polar surface area (TPSA) is 53.5 Å². The maximum Gasteiger partial charge on any atom is 0.451 e. The van der Waals surface area contributed by atoms with Gasteiger partial charge >= 0.3 is 6.18 Å². The highest BCUT2D eigenvalue weighted by molar-refractivity contribution is 5.74. The first-order valence-corrected chi connectivity index (χ1v) is 7.48. The SMILES string of the molecule is COc1ccc(-c2cc(C(C)C)nc(C(F)(F)F)n2)c(OC)c1OC. The molecule has 1 heterocycles. The van der Waals surface area contributed by atoms with Crippen molar-refractivity contribution in [1.29, 1.82) is 0 Å². The van der Waals surface area contributed by atoms with Crippen molar-refractivity contribution in [3.8, 4) is 28.5 Å². The van der Waals surface area contributed by atoms with Crippen molar-refractivity contribution < 1.29 is 27.4 Å². The maximum atomic E-state index is 13.2. The van der Waals surface area contributed by atoms with E-state index in [0.717, 1.165) is 0 Å². The molecular formula is C17H19F3N2O3. The summed E-state index contributed by atoms with van der Waals surface area (Å²) in [6, 6.07) is 4.68. The number of methoxy groups -OCH3 is 3. The molecule has 0 bridgehead atoms. The van der Waals surface area contributed by atoms with Crippen molar-refractivity contribution in [2.45, 2.75) is 25.9 Å². The Balaban J connectivity index is 2.75. The van der Waals surface area contributed by atoms with Crippen LogP contribution in [0.5, 0.6) is 17.2 Å². The average molecular weight is 356 g/mol. The number of rotatable bonds is 5. The standard InChI is InChI=1S/C17H19F3N2O3/c1-9(2)11-8-12(22-16(21-11)17(18,19)20)10-6-7-13(23-3)15(25-5)14(10)24-4/h6-9H,1-5H3. The third-order valence-corrected chi connectivity index (χ3v) is 3.57. The number of hydrogen-bond acceptors (Lipinski definition) is 5. The lowest BCUT2D eigenvalue weighted by Gasteiger charge is -2.17. The van der Waals surface area contributed by atoms with Crippen LogP contribution < -0.4 is 14.2 Å². The van der Waals surface area contributed by atoms with Gasteiger partial charge in [-0.15, -0.1) is 0 Å². The molecule has 0 N–H and O–H groups in total. The van der Waals surface area contributed by atoms with Gasteiger partial charge in [0.15, 0.2) is 11.5 Å². The molecule has 0 aliphatic carbocycles. The van der Waals surface area contributed by atoms with Crippen molar-refractivity contribution in [3.63, 3.8) is 0 Å². The molecule has 0 atom stereocenters. The predicted molar refractivity (Wildman–Crippen MR) is 86.2 cm³/mol. The van der Waals surface area contributed by atoms with Crippen molar-refractivity contribution in [2.75, 3.05) is 21.3 Å². The number of ether oxygens (including phenoxy) is 3. The molecule has 2 aromatic rings. The van der Waals surface area contributed by atoms with Gasteiger partial charge in [-0.3, -0.25) is 0 Å². The second kappa shape index (κ2) is 7.16. The second-order valence-corrected chi connectivity index (χ2v) is 5.54. The zero-order valence-corrected chi connectivity index (χ0v) is 14.6. The van der Waals surface area contributed by atoms with E-state index in [1.54, 1.807) is 26.0 Å². The normalized spacial score (nSPS) is 11.6. The first kappa shape index (κ1) is 18.8. The number of halogens is 3. The molecule has 0 unspecified atom stereocenters. The van der Waals surface area contributed by atoms with E-state index in [1.165, 1.54) is 27.4 Å². The first-order chi connectivity index (χ1) is 11.7. The number of nitrogens with zero attached hydrogens (tertiary/aromatic N) is 2. The van der Waals surface area contributed by atoms with Crippen LogP contribution in [0.25, 0.3) is 11.3 Å². The summed E-state index contributed by atoms with van der Waals surface area (Å²) in [5.74, 6) is -0.471. The summed E-state index contributed by atoms with van der Waals surface area (Å²) >= 11 is 0. The van der Waals surface area contributed by atoms with Gasteiger partial charge in [0.05, 0.1) is 27.0 Å². The van der Waals surface area contributed by atoms with E-state index >= 15 is 0 Å². The fourth-order valence-electron chi connectivity index (χ4n) is 2.33. The van der Waals surface area contributed by atoms with Gasteiger partial charge in [0.1, 0.15) is 0 Å². The Morgan fingerprint density at radius 3 is 2.04 bits per heavy atom. The highest BCUT2D eigenvalue weighted by atomic mass is 19.4. The molecule has 0 spiro atoms. The third kappa shape index (κ3) is 3.78. The molecule has 0 amide bonds. The van der Waals surface area contributed by atoms with Gasteiger partial charge in [-0.25, -0.2) is 9.97 Å². The van der Waals surface area contributed by atoms with Crippen molar-refractivity contribution in [1.82, 2.24) is 9.97 Å². The number of hydrogen-bond donors (Lipinski definition) is 0. The minimum absolute atomic E-state index is 0.101. The smallest absolute Gasteiger partial charge is 0.451 e. The van der Waals surface area contributed by atoms with Crippen molar-refractivity contribution in [2.24, 2.45) is 0 Å². The minimum Gasteiger partial charge on any atom is -0.493 e. The van der Waals surface area contributed by atoms with Gasteiger partial charge in [-0.1, -0.05) is 13.8 Å². The lowest BCUT2D eigenvalue weighted by atomic mass is 10.0. The van der Waals surface area contributed by atoms with Gasteiger partial charge < -0.3 is 14.2 Å². The Kier molecular flexibility index (Phi) is 5.39. The number of alkyl halides is 3. The van der Waals surface area contributed by atoms with E-state index in [0.29, 0.717) is 11.3 Å². The van der Waals surface area contributed by atoms with E-state index < -0.39 is 12.0 Å². The molecule has 2 rings (SSSR count). The zero-order valence-electron chi connectivity index (χ0n) is 14.6. The molecular weight excluding hydrogens is 337 g/mol. The van der Waals surface area contributed by atoms with Crippen LogP contribution in [-0.2, 0) is 6.18 Å². The van der Waals surface area contributed by atoms with Crippen LogP contribution >= 0.6 is 0 Å². The highest BCUT2D eigenvalue weighted by Gasteiger charge is 2.36. The Labute approximate surface area is 143 Å². The molecule has 0 aliphatic rings. The van der Waals surface area contributed by atoms with Crippen LogP contribution in [-0.4, -0.2) is 31.3 Å². The molecule has 0 fully saturated rings. The van der Waals surface area contributed by atoms with E-state index in [-0.39, 0.29) is 28.8 Å². The summed E-state index contributed by atoms with van der Waals surface area (Å²) in [4.78, 5) is 7.31. The molecule has 5 nitrogen and oxygen atoms in total. The quantitative estimate of drug-likeness (QED) is 0.799. The van der Waals surface area contributed by atoms with Crippen LogP contribution in [0, 0.1) is 0 Å². The monoisotopic (exact) mass is 356 g/mol. The minimum atomic E-state index is -4.65. The Morgan fingerprint density at radius 1 is 0.920 bits per heavy atom. The highest BCUT2D eigenvalue weighted by Crippen LogP contribution is 2.44. The summed E-state index contributed by atoms with van der Waals surface area (Å²) in [7, 11) is 4.28. The van der Waals surface area contributed by atoms with E-state index in [1.807, 2.05) is 0 Å². The number of benzene rings is 1. The van der Waals surface area contributed by atoms with E-state index in [9.17, 15) is 13.2 Å². The van der Waals surface area contributed by atoms with Crippen LogP contribution in [0.1, 0.15) is 31.3 Å². The van der Waals surface area contributed by atoms with Gasteiger partial charge in [0.25, 0.3) is 0 Å². The largest absolute Gasteiger partial charge is 0.493 e. The van der Waals surface area contributed by atoms with Gasteiger partial charge in [-0.05, 0) is 24.1 Å². The molecule has 0 aliphatic heterocycles. The van der Waals surface area contributed by atoms with E-state index in [2.05, 4.69) is 9.97 Å². The molecule has 1 aromatic heterocycles. The fraction of sp³-hybridized carbons (Fsp3) is 0.412.